The van der Waals surface area contributed by atoms with Crippen LogP contribution in [-0.2, 0) is 11.3 Å². The van der Waals surface area contributed by atoms with Gasteiger partial charge in [-0.15, -0.1) is 0 Å². The lowest BCUT2D eigenvalue weighted by atomic mass is 10.2. The van der Waals surface area contributed by atoms with E-state index in [1.807, 2.05) is 43.4 Å². The van der Waals surface area contributed by atoms with Crippen LogP contribution in [0.4, 0.5) is 11.5 Å². The average Bonchev–Trinajstić information content (AvgIpc) is 2.68. The van der Waals surface area contributed by atoms with Crippen LogP contribution in [0.3, 0.4) is 0 Å². The number of para-hydroxylation sites is 2. The predicted molar refractivity (Wildman–Crippen MR) is 81.5 cm³/mol. The van der Waals surface area contributed by atoms with Crippen LogP contribution in [-0.4, -0.2) is 24.5 Å². The SMILES string of the molecule is CNc1ccc(CN2C(=O)CCOc3ccccc32)cn1. The molecule has 5 nitrogen and oxygen atoms in total. The Morgan fingerprint density at radius 2 is 2.14 bits per heavy atom. The van der Waals surface area contributed by atoms with E-state index in [0.29, 0.717) is 19.6 Å². The van der Waals surface area contributed by atoms with Gasteiger partial charge in [0.1, 0.15) is 11.6 Å². The average molecular weight is 283 g/mol. The molecule has 0 atom stereocenters. The summed E-state index contributed by atoms with van der Waals surface area (Å²) in [6.07, 6.45) is 2.17. The standard InChI is InChI=1S/C16H17N3O2/c1-17-15-7-6-12(10-18-15)11-19-13-4-2-3-5-14(13)21-9-8-16(19)20/h2-7,10H,8-9,11H2,1H3,(H,17,18). The summed E-state index contributed by atoms with van der Waals surface area (Å²) in [5.41, 5.74) is 1.80. The summed E-state index contributed by atoms with van der Waals surface area (Å²) in [5.74, 6) is 1.63. The number of rotatable bonds is 3. The first-order chi connectivity index (χ1) is 10.3. The quantitative estimate of drug-likeness (QED) is 0.940. The van der Waals surface area contributed by atoms with Crippen LogP contribution in [0, 0.1) is 0 Å². The maximum Gasteiger partial charge on any atom is 0.230 e. The zero-order valence-corrected chi connectivity index (χ0v) is 11.9. The maximum absolute atomic E-state index is 12.3. The van der Waals surface area contributed by atoms with Gasteiger partial charge in [0.25, 0.3) is 0 Å². The van der Waals surface area contributed by atoms with E-state index in [2.05, 4.69) is 10.3 Å². The van der Waals surface area contributed by atoms with Crippen LogP contribution in [0.25, 0.3) is 0 Å². The second-order valence-electron chi connectivity index (χ2n) is 4.85. The molecule has 0 radical (unpaired) electrons. The van der Waals surface area contributed by atoms with Gasteiger partial charge < -0.3 is 15.0 Å². The number of carbonyl (C=O) groups excluding carboxylic acids is 1. The van der Waals surface area contributed by atoms with E-state index in [4.69, 9.17) is 4.74 Å². The minimum absolute atomic E-state index is 0.0673. The van der Waals surface area contributed by atoms with Crippen molar-refractivity contribution in [2.45, 2.75) is 13.0 Å². The van der Waals surface area contributed by atoms with Crippen molar-refractivity contribution < 1.29 is 9.53 Å². The first-order valence-electron chi connectivity index (χ1n) is 6.93. The van der Waals surface area contributed by atoms with Crippen molar-refractivity contribution in [3.05, 3.63) is 48.2 Å². The van der Waals surface area contributed by atoms with Crippen molar-refractivity contribution in [3.63, 3.8) is 0 Å². The van der Waals surface area contributed by atoms with E-state index in [1.54, 1.807) is 11.1 Å². The van der Waals surface area contributed by atoms with Crippen molar-refractivity contribution >= 4 is 17.4 Å². The number of carbonyl (C=O) groups is 1. The number of nitrogens with zero attached hydrogens (tertiary/aromatic N) is 2. The van der Waals surface area contributed by atoms with Crippen molar-refractivity contribution in [1.29, 1.82) is 0 Å². The van der Waals surface area contributed by atoms with Crippen molar-refractivity contribution in [3.8, 4) is 5.75 Å². The molecule has 0 bridgehead atoms. The number of pyridine rings is 1. The van der Waals surface area contributed by atoms with Gasteiger partial charge >= 0.3 is 0 Å². The number of benzene rings is 1. The second-order valence-corrected chi connectivity index (χ2v) is 4.85. The number of nitrogens with one attached hydrogen (secondary N) is 1. The van der Waals surface area contributed by atoms with Crippen LogP contribution >= 0.6 is 0 Å². The number of amides is 1. The summed E-state index contributed by atoms with van der Waals surface area (Å²) in [4.78, 5) is 18.4. The summed E-state index contributed by atoms with van der Waals surface area (Å²) >= 11 is 0. The van der Waals surface area contributed by atoms with Gasteiger partial charge in [-0.2, -0.15) is 0 Å². The fourth-order valence-electron chi connectivity index (χ4n) is 2.34. The van der Waals surface area contributed by atoms with E-state index < -0.39 is 0 Å². The third-order valence-electron chi connectivity index (χ3n) is 3.45. The highest BCUT2D eigenvalue weighted by Gasteiger charge is 2.23. The molecule has 3 rings (SSSR count). The Morgan fingerprint density at radius 1 is 1.29 bits per heavy atom. The summed E-state index contributed by atoms with van der Waals surface area (Å²) in [7, 11) is 1.83. The summed E-state index contributed by atoms with van der Waals surface area (Å²) in [5, 5.41) is 2.98. The van der Waals surface area contributed by atoms with Gasteiger partial charge in [-0.05, 0) is 23.8 Å². The Balaban J connectivity index is 1.90. The topological polar surface area (TPSA) is 54.5 Å². The fourth-order valence-corrected chi connectivity index (χ4v) is 2.34. The second kappa shape index (κ2) is 5.83. The Labute approximate surface area is 123 Å². The molecule has 0 saturated heterocycles. The zero-order valence-electron chi connectivity index (χ0n) is 11.9. The fraction of sp³-hybridized carbons (Fsp3) is 0.250. The van der Waals surface area contributed by atoms with Gasteiger partial charge in [-0.3, -0.25) is 4.79 Å². The largest absolute Gasteiger partial charge is 0.491 e. The molecule has 1 aliphatic heterocycles. The van der Waals surface area contributed by atoms with Crippen molar-refractivity contribution in [1.82, 2.24) is 4.98 Å². The van der Waals surface area contributed by atoms with E-state index in [0.717, 1.165) is 22.8 Å². The molecule has 5 heteroatoms. The molecule has 1 aromatic heterocycles. The molecule has 0 spiro atoms. The van der Waals surface area contributed by atoms with Crippen LogP contribution in [0.1, 0.15) is 12.0 Å². The number of ether oxygens (including phenoxy) is 1. The highest BCUT2D eigenvalue weighted by atomic mass is 16.5. The van der Waals surface area contributed by atoms with Crippen LogP contribution < -0.4 is 15.0 Å². The third kappa shape index (κ3) is 2.81. The monoisotopic (exact) mass is 283 g/mol. The molecular weight excluding hydrogens is 266 g/mol. The number of fused-ring (bicyclic) bond motifs is 1. The van der Waals surface area contributed by atoms with Gasteiger partial charge in [0, 0.05) is 13.2 Å². The first kappa shape index (κ1) is 13.4. The minimum atomic E-state index is 0.0673. The van der Waals surface area contributed by atoms with Gasteiger partial charge in [-0.1, -0.05) is 18.2 Å². The van der Waals surface area contributed by atoms with E-state index >= 15 is 0 Å². The van der Waals surface area contributed by atoms with Crippen molar-refractivity contribution in [2.75, 3.05) is 23.9 Å². The van der Waals surface area contributed by atoms with E-state index in [9.17, 15) is 4.79 Å². The Morgan fingerprint density at radius 3 is 2.90 bits per heavy atom. The molecule has 0 unspecified atom stereocenters. The number of hydrogen-bond donors (Lipinski definition) is 1. The lowest BCUT2D eigenvalue weighted by Crippen LogP contribution is -2.29. The van der Waals surface area contributed by atoms with E-state index in [-0.39, 0.29) is 5.91 Å². The highest BCUT2D eigenvalue weighted by molar-refractivity contribution is 5.95. The molecule has 1 N–H and O–H groups in total. The van der Waals surface area contributed by atoms with Crippen molar-refractivity contribution in [2.24, 2.45) is 0 Å². The predicted octanol–water partition coefficient (Wildman–Crippen LogP) is 2.44. The molecule has 0 aliphatic carbocycles. The minimum Gasteiger partial charge on any atom is -0.491 e. The molecule has 2 aromatic rings. The van der Waals surface area contributed by atoms with Crippen LogP contribution in [0.15, 0.2) is 42.6 Å². The number of aromatic nitrogens is 1. The molecule has 1 aliphatic rings. The highest BCUT2D eigenvalue weighted by Crippen LogP contribution is 2.32. The van der Waals surface area contributed by atoms with Gasteiger partial charge in [0.05, 0.1) is 25.3 Å². The molecule has 2 heterocycles. The summed E-state index contributed by atoms with van der Waals surface area (Å²) in [6.45, 7) is 0.916. The molecule has 0 fully saturated rings. The Hall–Kier alpha value is -2.56. The normalized spacial score (nSPS) is 14.1. The first-order valence-corrected chi connectivity index (χ1v) is 6.93. The van der Waals surface area contributed by atoms with E-state index in [1.165, 1.54) is 0 Å². The Bertz CT molecular complexity index is 640. The molecule has 1 aromatic carbocycles. The molecule has 108 valence electrons. The van der Waals surface area contributed by atoms with Gasteiger partial charge in [0.2, 0.25) is 5.91 Å². The smallest absolute Gasteiger partial charge is 0.230 e. The lowest BCUT2D eigenvalue weighted by molar-refractivity contribution is -0.118. The molecule has 0 saturated carbocycles. The van der Waals surface area contributed by atoms with Crippen LogP contribution in [0.2, 0.25) is 0 Å². The summed E-state index contributed by atoms with van der Waals surface area (Å²) < 4.78 is 5.64. The zero-order chi connectivity index (χ0) is 14.7. The lowest BCUT2D eigenvalue weighted by Gasteiger charge is -2.21. The number of hydrogen-bond acceptors (Lipinski definition) is 4. The van der Waals surface area contributed by atoms with Gasteiger partial charge in [-0.25, -0.2) is 4.98 Å². The summed E-state index contributed by atoms with van der Waals surface area (Å²) in [6, 6.07) is 11.5. The molecule has 1 amide bonds. The third-order valence-corrected chi connectivity index (χ3v) is 3.45. The maximum atomic E-state index is 12.3. The van der Waals surface area contributed by atoms with Crippen LogP contribution in [0.5, 0.6) is 5.75 Å². The molecular formula is C16H17N3O2. The molecule has 21 heavy (non-hydrogen) atoms. The Kier molecular flexibility index (Phi) is 3.73. The van der Waals surface area contributed by atoms with Gasteiger partial charge in [0.15, 0.2) is 0 Å². The number of anilines is 2.